The highest BCUT2D eigenvalue weighted by atomic mass is 35.5. The van der Waals surface area contributed by atoms with E-state index < -0.39 is 18.6 Å². The molecule has 0 bridgehead atoms. The molecule has 0 aliphatic rings. The molecular formula is C17H16ClN3O4. The van der Waals surface area contributed by atoms with E-state index in [1.54, 1.807) is 18.2 Å². The highest BCUT2D eigenvalue weighted by Crippen LogP contribution is 2.27. The van der Waals surface area contributed by atoms with Gasteiger partial charge in [0.15, 0.2) is 0 Å². The highest BCUT2D eigenvalue weighted by molar-refractivity contribution is 6.33. The SMILES string of the molecule is C#Cc1ccc(Nc2cnccc2C(=O)NOCC(O)CO)c(Cl)c1. The molecule has 0 saturated carbocycles. The van der Waals surface area contributed by atoms with E-state index in [0.717, 1.165) is 0 Å². The van der Waals surface area contributed by atoms with Crippen LogP contribution >= 0.6 is 11.6 Å². The van der Waals surface area contributed by atoms with Gasteiger partial charge < -0.3 is 15.5 Å². The van der Waals surface area contributed by atoms with E-state index in [2.05, 4.69) is 21.7 Å². The van der Waals surface area contributed by atoms with E-state index in [1.807, 2.05) is 0 Å². The number of hydroxylamine groups is 1. The third kappa shape index (κ3) is 5.17. The van der Waals surface area contributed by atoms with Gasteiger partial charge in [-0.25, -0.2) is 5.48 Å². The number of hydrogen-bond donors (Lipinski definition) is 4. The topological polar surface area (TPSA) is 104 Å². The number of terminal acetylenes is 1. The van der Waals surface area contributed by atoms with Gasteiger partial charge in [0.2, 0.25) is 0 Å². The Bertz CT molecular complexity index is 792. The zero-order valence-electron chi connectivity index (χ0n) is 13.1. The minimum absolute atomic E-state index is 0.241. The van der Waals surface area contributed by atoms with Crippen molar-refractivity contribution in [2.75, 3.05) is 18.5 Å². The number of benzene rings is 1. The van der Waals surface area contributed by atoms with E-state index in [0.29, 0.717) is 22.0 Å². The summed E-state index contributed by atoms with van der Waals surface area (Å²) in [6.45, 7) is -0.709. The molecule has 8 heteroatoms. The predicted molar refractivity (Wildman–Crippen MR) is 93.4 cm³/mol. The van der Waals surface area contributed by atoms with Gasteiger partial charge in [-0.3, -0.25) is 14.6 Å². The summed E-state index contributed by atoms with van der Waals surface area (Å²) in [6, 6.07) is 6.52. The third-order valence-electron chi connectivity index (χ3n) is 3.12. The van der Waals surface area contributed by atoms with E-state index in [4.69, 9.17) is 28.0 Å². The van der Waals surface area contributed by atoms with Crippen molar-refractivity contribution in [2.24, 2.45) is 0 Å². The van der Waals surface area contributed by atoms with Crippen LogP contribution in [-0.4, -0.2) is 40.4 Å². The summed E-state index contributed by atoms with van der Waals surface area (Å²) in [5.74, 6) is 1.93. The predicted octanol–water partition coefficient (Wildman–Crippen LogP) is 1.47. The average Bonchev–Trinajstić information content (AvgIpc) is 2.63. The van der Waals surface area contributed by atoms with Crippen LogP contribution < -0.4 is 10.8 Å². The minimum atomic E-state index is -1.08. The van der Waals surface area contributed by atoms with Gasteiger partial charge in [0.1, 0.15) is 12.7 Å². The van der Waals surface area contributed by atoms with Gasteiger partial charge in [-0.05, 0) is 24.3 Å². The van der Waals surface area contributed by atoms with Gasteiger partial charge in [0.05, 0.1) is 34.8 Å². The summed E-state index contributed by atoms with van der Waals surface area (Å²) in [6.07, 6.45) is 7.16. The number of carbonyl (C=O) groups excluding carboxylic acids is 1. The summed E-state index contributed by atoms with van der Waals surface area (Å²) in [5.41, 5.74) is 4.04. The van der Waals surface area contributed by atoms with Crippen LogP contribution in [0.25, 0.3) is 0 Å². The Morgan fingerprint density at radius 1 is 1.40 bits per heavy atom. The maximum Gasteiger partial charge on any atom is 0.277 e. The molecule has 0 radical (unpaired) electrons. The lowest BCUT2D eigenvalue weighted by Crippen LogP contribution is -2.30. The number of nitrogens with zero attached hydrogens (tertiary/aromatic N) is 1. The van der Waals surface area contributed by atoms with Gasteiger partial charge in [-0.2, -0.15) is 0 Å². The molecule has 2 rings (SSSR count). The number of aromatic nitrogens is 1. The van der Waals surface area contributed by atoms with E-state index in [1.165, 1.54) is 18.5 Å². The largest absolute Gasteiger partial charge is 0.394 e. The second-order valence-electron chi connectivity index (χ2n) is 4.96. The summed E-state index contributed by atoms with van der Waals surface area (Å²) < 4.78 is 0. The molecule has 1 heterocycles. The number of nitrogens with one attached hydrogen (secondary N) is 2. The quantitative estimate of drug-likeness (QED) is 0.440. The van der Waals surface area contributed by atoms with Gasteiger partial charge in [-0.1, -0.05) is 17.5 Å². The van der Waals surface area contributed by atoms with E-state index in [-0.39, 0.29) is 12.2 Å². The molecule has 0 fully saturated rings. The summed E-state index contributed by atoms with van der Waals surface area (Å²) in [5, 5.41) is 21.3. The molecule has 130 valence electrons. The first-order valence-electron chi connectivity index (χ1n) is 7.23. The number of carbonyl (C=O) groups is 1. The maximum atomic E-state index is 12.2. The molecule has 1 atom stereocenters. The molecule has 2 aromatic rings. The molecule has 1 unspecified atom stereocenters. The van der Waals surface area contributed by atoms with Crippen molar-refractivity contribution >= 4 is 28.9 Å². The summed E-state index contributed by atoms with van der Waals surface area (Å²) in [4.78, 5) is 21.0. The van der Waals surface area contributed by atoms with Crippen LogP contribution in [0.3, 0.4) is 0 Å². The Hall–Kier alpha value is -2.63. The number of hydrogen-bond acceptors (Lipinski definition) is 6. The zero-order valence-corrected chi connectivity index (χ0v) is 13.8. The van der Waals surface area contributed by atoms with Crippen molar-refractivity contribution in [3.63, 3.8) is 0 Å². The van der Waals surface area contributed by atoms with Crippen LogP contribution in [0.1, 0.15) is 15.9 Å². The fraction of sp³-hybridized carbons (Fsp3) is 0.176. The van der Waals surface area contributed by atoms with Crippen molar-refractivity contribution in [3.05, 3.63) is 52.8 Å². The van der Waals surface area contributed by atoms with Crippen molar-refractivity contribution < 1.29 is 19.8 Å². The van der Waals surface area contributed by atoms with Crippen LogP contribution in [0.15, 0.2) is 36.7 Å². The highest BCUT2D eigenvalue weighted by Gasteiger charge is 2.13. The Kier molecular flexibility index (Phi) is 6.74. The first-order valence-corrected chi connectivity index (χ1v) is 7.61. The van der Waals surface area contributed by atoms with Crippen molar-refractivity contribution in [3.8, 4) is 12.3 Å². The maximum absolute atomic E-state index is 12.2. The van der Waals surface area contributed by atoms with Crippen molar-refractivity contribution in [1.82, 2.24) is 10.5 Å². The fourth-order valence-electron chi connectivity index (χ4n) is 1.85. The molecule has 1 amide bonds. The molecule has 1 aromatic heterocycles. The molecule has 7 nitrogen and oxygen atoms in total. The number of halogens is 1. The van der Waals surface area contributed by atoms with Crippen molar-refractivity contribution in [2.45, 2.75) is 6.10 Å². The smallest absolute Gasteiger partial charge is 0.277 e. The van der Waals surface area contributed by atoms with Crippen LogP contribution in [-0.2, 0) is 4.84 Å². The normalized spacial score (nSPS) is 11.4. The minimum Gasteiger partial charge on any atom is -0.394 e. The molecule has 25 heavy (non-hydrogen) atoms. The lowest BCUT2D eigenvalue weighted by atomic mass is 10.2. The summed E-state index contributed by atoms with van der Waals surface area (Å²) in [7, 11) is 0. The molecule has 4 N–H and O–H groups in total. The van der Waals surface area contributed by atoms with Gasteiger partial charge >= 0.3 is 0 Å². The van der Waals surface area contributed by atoms with E-state index >= 15 is 0 Å². The second-order valence-corrected chi connectivity index (χ2v) is 5.37. The number of aliphatic hydroxyl groups is 2. The number of anilines is 2. The second kappa shape index (κ2) is 9.01. The zero-order chi connectivity index (χ0) is 18.2. The Balaban J connectivity index is 2.12. The Labute approximate surface area is 149 Å². The summed E-state index contributed by atoms with van der Waals surface area (Å²) >= 11 is 6.17. The molecule has 0 saturated heterocycles. The van der Waals surface area contributed by atoms with Crippen LogP contribution in [0, 0.1) is 12.3 Å². The number of rotatable bonds is 7. The van der Waals surface area contributed by atoms with Crippen LogP contribution in [0.2, 0.25) is 5.02 Å². The first kappa shape index (κ1) is 18.7. The Morgan fingerprint density at radius 3 is 2.88 bits per heavy atom. The van der Waals surface area contributed by atoms with Gasteiger partial charge in [0.25, 0.3) is 5.91 Å². The molecule has 0 aliphatic heterocycles. The number of aliphatic hydroxyl groups excluding tert-OH is 2. The van der Waals surface area contributed by atoms with Gasteiger partial charge in [0, 0.05) is 11.8 Å². The Morgan fingerprint density at radius 2 is 2.20 bits per heavy atom. The first-order chi connectivity index (χ1) is 12.0. The van der Waals surface area contributed by atoms with Crippen LogP contribution in [0.4, 0.5) is 11.4 Å². The lowest BCUT2D eigenvalue weighted by molar-refractivity contribution is -0.0295. The monoisotopic (exact) mass is 361 g/mol. The third-order valence-corrected chi connectivity index (χ3v) is 3.43. The van der Waals surface area contributed by atoms with E-state index in [9.17, 15) is 9.90 Å². The standard InChI is InChI=1S/C17H16ClN3O4/c1-2-11-3-4-15(14(18)7-11)20-16-8-19-6-5-13(16)17(24)21-25-10-12(23)9-22/h1,3-8,12,20,22-23H,9-10H2,(H,21,24). The van der Waals surface area contributed by atoms with Gasteiger partial charge in [-0.15, -0.1) is 6.42 Å². The van der Waals surface area contributed by atoms with Crippen LogP contribution in [0.5, 0.6) is 0 Å². The van der Waals surface area contributed by atoms with Crippen molar-refractivity contribution in [1.29, 1.82) is 0 Å². The fourth-order valence-corrected chi connectivity index (χ4v) is 2.08. The molecule has 0 spiro atoms. The number of amides is 1. The molecular weight excluding hydrogens is 346 g/mol. The lowest BCUT2D eigenvalue weighted by Gasteiger charge is -2.13. The average molecular weight is 362 g/mol. The molecule has 0 aliphatic carbocycles. The number of pyridine rings is 1. The molecule has 1 aromatic carbocycles.